The summed E-state index contributed by atoms with van der Waals surface area (Å²) in [5.74, 6) is -2.21. The number of fused-ring (bicyclic) bond motifs is 1. The lowest BCUT2D eigenvalue weighted by Crippen LogP contribution is -2.42. The van der Waals surface area contributed by atoms with Crippen LogP contribution in [0, 0.1) is 0 Å². The highest BCUT2D eigenvalue weighted by Crippen LogP contribution is 2.32. The lowest BCUT2D eigenvalue weighted by atomic mass is 9.93. The average Bonchev–Trinajstić information content (AvgIpc) is 3.29. The Morgan fingerprint density at radius 1 is 1.03 bits per heavy atom. The number of rotatable bonds is 3. The second-order valence-electron chi connectivity index (χ2n) is 10.1. The molecule has 0 bridgehead atoms. The van der Waals surface area contributed by atoms with Crippen molar-refractivity contribution in [3.05, 3.63) is 69.3 Å². The third-order valence-electron chi connectivity index (χ3n) is 6.11. The van der Waals surface area contributed by atoms with Crippen LogP contribution in [0.15, 0.2) is 41.3 Å². The minimum atomic E-state index is -4.76. The minimum Gasteiger partial charge on any atom is -0.444 e. The van der Waals surface area contributed by atoms with Gasteiger partial charge in [-0.1, -0.05) is 12.1 Å². The van der Waals surface area contributed by atoms with E-state index in [1.807, 2.05) is 5.43 Å². The number of H-pyrrole nitrogens is 1. The predicted octanol–water partition coefficient (Wildman–Crippen LogP) is 3.23. The monoisotopic (exact) mass is 548 g/mol. The maximum atomic E-state index is 13.2. The molecule has 4 rings (SSSR count). The van der Waals surface area contributed by atoms with Gasteiger partial charge in [0.2, 0.25) is 0 Å². The summed E-state index contributed by atoms with van der Waals surface area (Å²) in [5, 5.41) is 4.21. The number of aromatic nitrogens is 3. The zero-order valence-corrected chi connectivity index (χ0v) is 21.4. The molecule has 3 amide bonds. The number of piperidine rings is 1. The fraction of sp³-hybridized carbons (Fsp3) is 0.400. The second-order valence-corrected chi connectivity index (χ2v) is 10.1. The Hall–Kier alpha value is -4.36. The van der Waals surface area contributed by atoms with E-state index in [2.05, 4.69) is 15.5 Å². The van der Waals surface area contributed by atoms with Crippen molar-refractivity contribution in [2.75, 3.05) is 13.1 Å². The van der Waals surface area contributed by atoms with Gasteiger partial charge in [0.25, 0.3) is 17.4 Å². The van der Waals surface area contributed by atoms with E-state index in [1.54, 1.807) is 25.7 Å². The number of nitrogens with one attached hydrogen (secondary N) is 3. The Balaban J connectivity index is 1.48. The maximum absolute atomic E-state index is 13.2. The molecule has 14 heteroatoms. The van der Waals surface area contributed by atoms with Gasteiger partial charge in [0.15, 0.2) is 0 Å². The first-order valence-corrected chi connectivity index (χ1v) is 12.1. The molecule has 1 aliphatic heterocycles. The standard InChI is InChI=1S/C25H27F3N6O5/c1-24(2,3)39-23(38)33-10-8-14(9-11-33)18-12-19(35)30-20-16(13-29-34(18)20)22(37)32-31-21(36)15-6-4-5-7-17(15)25(26,27)28/h4-7,12-14H,8-11H2,1-3H3,(H,30,35)(H,31,36)(H,32,37). The first kappa shape index (κ1) is 27.7. The van der Waals surface area contributed by atoms with Crippen molar-refractivity contribution in [2.45, 2.75) is 51.3 Å². The van der Waals surface area contributed by atoms with Crippen molar-refractivity contribution in [3.63, 3.8) is 0 Å². The van der Waals surface area contributed by atoms with Gasteiger partial charge in [-0.15, -0.1) is 0 Å². The first-order chi connectivity index (χ1) is 18.2. The van der Waals surface area contributed by atoms with Gasteiger partial charge >= 0.3 is 12.3 Å². The molecule has 39 heavy (non-hydrogen) atoms. The van der Waals surface area contributed by atoms with Crippen LogP contribution < -0.4 is 16.4 Å². The van der Waals surface area contributed by atoms with E-state index >= 15 is 0 Å². The lowest BCUT2D eigenvalue weighted by molar-refractivity contribution is -0.137. The summed E-state index contributed by atoms with van der Waals surface area (Å²) in [5.41, 5.74) is 1.57. The van der Waals surface area contributed by atoms with Crippen LogP contribution in [-0.2, 0) is 10.9 Å². The molecule has 1 fully saturated rings. The highest BCUT2D eigenvalue weighted by molar-refractivity contribution is 6.02. The Morgan fingerprint density at radius 2 is 1.64 bits per heavy atom. The molecule has 0 spiro atoms. The number of hydrogen-bond donors (Lipinski definition) is 3. The normalized spacial score (nSPS) is 14.8. The van der Waals surface area contributed by atoms with Crippen molar-refractivity contribution in [1.29, 1.82) is 0 Å². The van der Waals surface area contributed by atoms with Crippen molar-refractivity contribution in [2.24, 2.45) is 0 Å². The number of benzene rings is 1. The minimum absolute atomic E-state index is 0.0505. The smallest absolute Gasteiger partial charge is 0.417 e. The van der Waals surface area contributed by atoms with Gasteiger partial charge in [0.1, 0.15) is 16.8 Å². The molecule has 0 aliphatic carbocycles. The molecule has 11 nitrogen and oxygen atoms in total. The van der Waals surface area contributed by atoms with Gasteiger partial charge in [0.05, 0.1) is 23.0 Å². The average molecular weight is 549 g/mol. The third-order valence-corrected chi connectivity index (χ3v) is 6.11. The van der Waals surface area contributed by atoms with Gasteiger partial charge in [-0.05, 0) is 45.7 Å². The van der Waals surface area contributed by atoms with Crippen LogP contribution in [0.1, 0.15) is 71.5 Å². The number of likely N-dealkylation sites (tertiary alicyclic amines) is 1. The van der Waals surface area contributed by atoms with Crippen LogP contribution in [0.4, 0.5) is 18.0 Å². The van der Waals surface area contributed by atoms with E-state index in [1.165, 1.54) is 22.8 Å². The second kappa shape index (κ2) is 10.4. The summed E-state index contributed by atoms with van der Waals surface area (Å²) < 4.78 is 46.5. The molecule has 2 aromatic heterocycles. The Labute approximate surface area is 220 Å². The summed E-state index contributed by atoms with van der Waals surface area (Å²) in [6.07, 6.45) is -2.97. The molecular formula is C25H27F3N6O5. The first-order valence-electron chi connectivity index (χ1n) is 12.1. The number of aromatic amines is 1. The molecule has 3 N–H and O–H groups in total. The molecule has 1 saturated heterocycles. The number of nitrogens with zero attached hydrogens (tertiary/aromatic N) is 3. The Morgan fingerprint density at radius 3 is 2.26 bits per heavy atom. The van der Waals surface area contributed by atoms with Crippen LogP contribution in [0.25, 0.3) is 5.65 Å². The summed E-state index contributed by atoms with van der Waals surface area (Å²) in [6.45, 7) is 6.14. The highest BCUT2D eigenvalue weighted by atomic mass is 19.4. The lowest BCUT2D eigenvalue weighted by Gasteiger charge is -2.33. The van der Waals surface area contributed by atoms with Gasteiger partial charge in [-0.2, -0.15) is 18.3 Å². The maximum Gasteiger partial charge on any atom is 0.417 e. The van der Waals surface area contributed by atoms with Gasteiger partial charge in [-0.25, -0.2) is 9.31 Å². The number of carbonyl (C=O) groups is 3. The summed E-state index contributed by atoms with van der Waals surface area (Å²) in [7, 11) is 0. The SMILES string of the molecule is CC(C)(C)OC(=O)N1CCC(c2cc(=O)[nH]c3c(C(=O)NNC(=O)c4ccccc4C(F)(F)F)cnn23)CC1. The van der Waals surface area contributed by atoms with E-state index in [-0.39, 0.29) is 17.1 Å². The number of halogens is 3. The summed E-state index contributed by atoms with van der Waals surface area (Å²) in [4.78, 5) is 54.1. The van der Waals surface area contributed by atoms with Crippen LogP contribution in [0.2, 0.25) is 0 Å². The Bertz CT molecular complexity index is 1470. The topological polar surface area (TPSA) is 138 Å². The number of carbonyl (C=O) groups excluding carboxylic acids is 3. The van der Waals surface area contributed by atoms with Crippen LogP contribution in [-0.4, -0.2) is 56.1 Å². The van der Waals surface area contributed by atoms with Crippen molar-refractivity contribution >= 4 is 23.6 Å². The summed E-state index contributed by atoms with van der Waals surface area (Å²) >= 11 is 0. The van der Waals surface area contributed by atoms with E-state index in [4.69, 9.17) is 4.74 Å². The molecule has 3 heterocycles. The highest BCUT2D eigenvalue weighted by Gasteiger charge is 2.35. The largest absolute Gasteiger partial charge is 0.444 e. The summed E-state index contributed by atoms with van der Waals surface area (Å²) in [6, 6.07) is 5.52. The number of hydrogen-bond acceptors (Lipinski definition) is 6. The van der Waals surface area contributed by atoms with Gasteiger partial charge < -0.3 is 14.6 Å². The Kier molecular flexibility index (Phi) is 7.39. The molecule has 0 radical (unpaired) electrons. The predicted molar refractivity (Wildman–Crippen MR) is 132 cm³/mol. The molecule has 1 aromatic carbocycles. The van der Waals surface area contributed by atoms with Crippen LogP contribution in [0.3, 0.4) is 0 Å². The fourth-order valence-electron chi connectivity index (χ4n) is 4.33. The van der Waals surface area contributed by atoms with E-state index < -0.39 is 46.4 Å². The van der Waals surface area contributed by atoms with E-state index in [9.17, 15) is 32.3 Å². The zero-order valence-electron chi connectivity index (χ0n) is 21.4. The molecule has 1 aliphatic rings. The van der Waals surface area contributed by atoms with Gasteiger partial charge in [0, 0.05) is 25.1 Å². The number of hydrazine groups is 1. The molecule has 0 saturated carbocycles. The van der Waals surface area contributed by atoms with Crippen LogP contribution >= 0.6 is 0 Å². The molecule has 0 unspecified atom stereocenters. The fourth-order valence-corrected chi connectivity index (χ4v) is 4.33. The van der Waals surface area contributed by atoms with Gasteiger partial charge in [-0.3, -0.25) is 25.2 Å². The molecule has 208 valence electrons. The van der Waals surface area contributed by atoms with E-state index in [0.717, 1.165) is 18.2 Å². The van der Waals surface area contributed by atoms with Crippen molar-refractivity contribution in [3.8, 4) is 0 Å². The number of amides is 3. The van der Waals surface area contributed by atoms with Crippen LogP contribution in [0.5, 0.6) is 0 Å². The number of alkyl halides is 3. The third kappa shape index (κ3) is 6.21. The molecular weight excluding hydrogens is 521 g/mol. The number of ether oxygens (including phenoxy) is 1. The van der Waals surface area contributed by atoms with E-state index in [0.29, 0.717) is 31.6 Å². The van der Waals surface area contributed by atoms with Crippen molar-refractivity contribution in [1.82, 2.24) is 30.3 Å². The quantitative estimate of drug-likeness (QED) is 0.430. The van der Waals surface area contributed by atoms with Crippen molar-refractivity contribution < 1.29 is 32.3 Å². The zero-order chi connectivity index (χ0) is 28.5. The molecule has 0 atom stereocenters. The molecule has 3 aromatic rings.